The van der Waals surface area contributed by atoms with Crippen molar-refractivity contribution in [1.29, 1.82) is 0 Å². The molecule has 1 aliphatic carbocycles. The van der Waals surface area contributed by atoms with Crippen molar-refractivity contribution in [3.05, 3.63) is 89.7 Å². The van der Waals surface area contributed by atoms with Gasteiger partial charge in [-0.05, 0) is 91.2 Å². The fourth-order valence-electron chi connectivity index (χ4n) is 3.96. The number of carbonyl (C=O) groups is 1. The number of hydrogen-bond donors (Lipinski definition) is 2. The summed E-state index contributed by atoms with van der Waals surface area (Å²) in [5, 5.41) is 3.07. The molecule has 3 N–H and O–H groups in total. The molecule has 0 aromatic heterocycles. The Morgan fingerprint density at radius 3 is 2.21 bits per heavy atom. The molecular formula is C27H29FN2OS2. The summed E-state index contributed by atoms with van der Waals surface area (Å²) in [6.45, 7) is 2.58. The number of thioether (sulfide) groups is 2. The van der Waals surface area contributed by atoms with Crippen molar-refractivity contribution >= 4 is 35.1 Å². The number of hydrogen-bond acceptors (Lipinski definition) is 4. The van der Waals surface area contributed by atoms with Crippen molar-refractivity contribution in [3.8, 4) is 0 Å². The number of anilines is 1. The van der Waals surface area contributed by atoms with Crippen molar-refractivity contribution in [3.63, 3.8) is 0 Å². The van der Waals surface area contributed by atoms with E-state index in [0.29, 0.717) is 13.0 Å². The summed E-state index contributed by atoms with van der Waals surface area (Å²) >= 11 is 3.57. The summed E-state index contributed by atoms with van der Waals surface area (Å²) in [5.41, 5.74) is 8.82. The van der Waals surface area contributed by atoms with Crippen LogP contribution in [0.15, 0.2) is 82.6 Å². The predicted molar refractivity (Wildman–Crippen MR) is 137 cm³/mol. The minimum atomic E-state index is -0.279. The van der Waals surface area contributed by atoms with Crippen LogP contribution in [0.3, 0.4) is 0 Å². The second-order valence-electron chi connectivity index (χ2n) is 8.25. The predicted octanol–water partition coefficient (Wildman–Crippen LogP) is 6.79. The van der Waals surface area contributed by atoms with Gasteiger partial charge in [0.15, 0.2) is 0 Å². The first-order valence-electron chi connectivity index (χ1n) is 11.3. The summed E-state index contributed by atoms with van der Waals surface area (Å²) in [6, 6.07) is 23.0. The van der Waals surface area contributed by atoms with Crippen LogP contribution in [-0.4, -0.2) is 18.2 Å². The van der Waals surface area contributed by atoms with E-state index >= 15 is 0 Å². The van der Waals surface area contributed by atoms with Gasteiger partial charge in [-0.15, -0.1) is 23.5 Å². The van der Waals surface area contributed by atoms with E-state index in [2.05, 4.69) is 36.5 Å². The largest absolute Gasteiger partial charge is 0.330 e. The molecule has 1 unspecified atom stereocenters. The highest BCUT2D eigenvalue weighted by Gasteiger charge is 2.45. The number of nitrogens with one attached hydrogen (secondary N) is 1. The summed E-state index contributed by atoms with van der Waals surface area (Å²) < 4.78 is 13.3. The maximum Gasteiger partial charge on any atom is 0.231 e. The fourth-order valence-corrected chi connectivity index (χ4v) is 5.90. The van der Waals surface area contributed by atoms with Crippen LogP contribution in [-0.2, 0) is 9.54 Å². The van der Waals surface area contributed by atoms with E-state index in [4.69, 9.17) is 5.73 Å². The number of halogens is 1. The van der Waals surface area contributed by atoms with Crippen molar-refractivity contribution in [2.45, 2.75) is 46.6 Å². The lowest BCUT2D eigenvalue weighted by Gasteiger charge is -2.18. The zero-order valence-corrected chi connectivity index (χ0v) is 20.4. The number of benzene rings is 3. The zero-order valence-electron chi connectivity index (χ0n) is 18.7. The van der Waals surface area contributed by atoms with Gasteiger partial charge in [0, 0.05) is 20.2 Å². The Bertz CT molecular complexity index is 1060. The van der Waals surface area contributed by atoms with E-state index in [-0.39, 0.29) is 22.4 Å². The molecule has 0 heterocycles. The van der Waals surface area contributed by atoms with E-state index in [0.717, 1.165) is 34.7 Å². The van der Waals surface area contributed by atoms with E-state index in [9.17, 15) is 9.18 Å². The van der Waals surface area contributed by atoms with Crippen LogP contribution < -0.4 is 11.1 Å². The van der Waals surface area contributed by atoms with Crippen LogP contribution in [0.4, 0.5) is 10.1 Å². The fraction of sp³-hybridized carbons (Fsp3) is 0.296. The molecule has 3 nitrogen and oxygen atoms in total. The van der Waals surface area contributed by atoms with Gasteiger partial charge in [-0.3, -0.25) is 4.79 Å². The zero-order chi connectivity index (χ0) is 23.3. The highest BCUT2D eigenvalue weighted by atomic mass is 32.2. The molecule has 1 aliphatic rings. The lowest BCUT2D eigenvalue weighted by molar-refractivity contribution is -0.117. The number of nitrogens with two attached hydrogens (primary N) is 1. The Morgan fingerprint density at radius 1 is 1.00 bits per heavy atom. The van der Waals surface area contributed by atoms with E-state index in [1.807, 2.05) is 36.4 Å². The highest BCUT2D eigenvalue weighted by Crippen LogP contribution is 2.59. The van der Waals surface area contributed by atoms with Gasteiger partial charge in [0.05, 0.1) is 5.92 Å². The quantitative estimate of drug-likeness (QED) is 0.314. The molecule has 0 radical (unpaired) electrons. The monoisotopic (exact) mass is 480 g/mol. The molecule has 172 valence electrons. The first-order valence-corrected chi connectivity index (χ1v) is 13.1. The maximum atomic E-state index is 13.2. The minimum Gasteiger partial charge on any atom is -0.330 e. The van der Waals surface area contributed by atoms with Crippen molar-refractivity contribution in [2.24, 2.45) is 5.73 Å². The van der Waals surface area contributed by atoms with Crippen LogP contribution in [0, 0.1) is 5.82 Å². The molecular weight excluding hydrogens is 451 g/mol. The first-order chi connectivity index (χ1) is 16.0. The molecule has 3 aromatic rings. The summed E-state index contributed by atoms with van der Waals surface area (Å²) in [5.74, 6) is 0.490. The summed E-state index contributed by atoms with van der Waals surface area (Å²) in [6.07, 6.45) is 2.78. The van der Waals surface area contributed by atoms with Gasteiger partial charge in [-0.1, -0.05) is 31.2 Å². The van der Waals surface area contributed by atoms with Crippen LogP contribution in [0.2, 0.25) is 0 Å². The SMILES string of the molecule is CCSc1ccc(C(CCN)C(=O)Nc2ccc(C3(Sc4ccc(F)cc4)CC3)cc2)cc1. The van der Waals surface area contributed by atoms with Gasteiger partial charge in [-0.25, -0.2) is 4.39 Å². The van der Waals surface area contributed by atoms with Gasteiger partial charge < -0.3 is 11.1 Å². The minimum absolute atomic E-state index is 0.0362. The smallest absolute Gasteiger partial charge is 0.231 e. The molecule has 1 amide bonds. The van der Waals surface area contributed by atoms with Crippen molar-refractivity contribution < 1.29 is 9.18 Å². The van der Waals surface area contributed by atoms with Crippen LogP contribution >= 0.6 is 23.5 Å². The Kier molecular flexibility index (Phi) is 7.78. The average Bonchev–Trinajstić information content (AvgIpc) is 3.61. The standard InChI is InChI=1S/C27H29FN2OS2/c1-2-32-23-11-3-19(4-12-23)25(15-18-29)26(31)30-22-9-5-20(6-10-22)27(16-17-27)33-24-13-7-21(28)8-14-24/h3-14,25H,2,15-18,29H2,1H3,(H,30,31). The van der Waals surface area contributed by atoms with Crippen LogP contribution in [0.1, 0.15) is 43.2 Å². The van der Waals surface area contributed by atoms with Crippen molar-refractivity contribution in [1.82, 2.24) is 0 Å². The van der Waals surface area contributed by atoms with Gasteiger partial charge in [0.2, 0.25) is 5.91 Å². The summed E-state index contributed by atoms with van der Waals surface area (Å²) in [4.78, 5) is 15.3. The van der Waals surface area contributed by atoms with Gasteiger partial charge in [0.25, 0.3) is 0 Å². The number of amides is 1. The molecule has 0 spiro atoms. The third-order valence-corrected chi connectivity index (χ3v) is 8.31. The maximum absolute atomic E-state index is 13.2. The van der Waals surface area contributed by atoms with Crippen LogP contribution in [0.25, 0.3) is 0 Å². The van der Waals surface area contributed by atoms with E-state index < -0.39 is 0 Å². The normalized spacial score (nSPS) is 15.1. The second-order valence-corrected chi connectivity index (χ2v) is 11.0. The molecule has 4 rings (SSSR count). The van der Waals surface area contributed by atoms with Gasteiger partial charge in [-0.2, -0.15) is 0 Å². The Balaban J connectivity index is 1.42. The number of carbonyl (C=O) groups excluding carboxylic acids is 1. The number of rotatable bonds is 10. The second kappa shape index (κ2) is 10.8. The molecule has 3 aromatic carbocycles. The molecule has 6 heteroatoms. The van der Waals surface area contributed by atoms with Crippen LogP contribution in [0.5, 0.6) is 0 Å². The molecule has 1 fully saturated rings. The lowest BCUT2D eigenvalue weighted by Crippen LogP contribution is -2.23. The third-order valence-electron chi connectivity index (χ3n) is 5.87. The average molecular weight is 481 g/mol. The van der Waals surface area contributed by atoms with Crippen molar-refractivity contribution in [2.75, 3.05) is 17.6 Å². The molecule has 0 bridgehead atoms. The van der Waals surface area contributed by atoms with Gasteiger partial charge in [0.1, 0.15) is 5.82 Å². The first kappa shape index (κ1) is 23.9. The topological polar surface area (TPSA) is 55.1 Å². The molecule has 33 heavy (non-hydrogen) atoms. The Labute approximate surface area is 203 Å². The summed E-state index contributed by atoms with van der Waals surface area (Å²) in [7, 11) is 0. The molecule has 0 saturated heterocycles. The Morgan fingerprint density at radius 2 is 1.64 bits per heavy atom. The Hall–Kier alpha value is -2.28. The molecule has 1 atom stereocenters. The molecule has 1 saturated carbocycles. The van der Waals surface area contributed by atoms with E-state index in [1.165, 1.54) is 22.6 Å². The third kappa shape index (κ3) is 5.99. The van der Waals surface area contributed by atoms with E-state index in [1.54, 1.807) is 23.5 Å². The lowest BCUT2D eigenvalue weighted by atomic mass is 9.94. The van der Waals surface area contributed by atoms with Gasteiger partial charge >= 0.3 is 0 Å². The highest BCUT2D eigenvalue weighted by molar-refractivity contribution is 8.00. The molecule has 0 aliphatic heterocycles.